The van der Waals surface area contributed by atoms with Gasteiger partial charge < -0.3 is 5.32 Å². The van der Waals surface area contributed by atoms with Gasteiger partial charge in [-0.05, 0) is 31.5 Å². The van der Waals surface area contributed by atoms with E-state index in [1.54, 1.807) is 12.1 Å². The minimum Gasteiger partial charge on any atom is -0.385 e. The third kappa shape index (κ3) is 3.65. The van der Waals surface area contributed by atoms with Crippen molar-refractivity contribution in [2.75, 3.05) is 11.9 Å². The van der Waals surface area contributed by atoms with Gasteiger partial charge in [0.25, 0.3) is 0 Å². The molecule has 0 aliphatic heterocycles. The highest BCUT2D eigenvalue weighted by Crippen LogP contribution is 2.19. The van der Waals surface area contributed by atoms with Gasteiger partial charge in [0.05, 0.1) is 10.6 Å². The fourth-order valence-electron chi connectivity index (χ4n) is 1.18. The fraction of sp³-hybridized carbons (Fsp3) is 0.250. The largest absolute Gasteiger partial charge is 0.385 e. The monoisotopic (exact) mass is 220 g/mol. The van der Waals surface area contributed by atoms with Crippen LogP contribution in [0.25, 0.3) is 0 Å². The first-order chi connectivity index (χ1) is 7.27. The molecule has 3 heteroatoms. The van der Waals surface area contributed by atoms with E-state index in [0.29, 0.717) is 10.6 Å². The van der Waals surface area contributed by atoms with Crippen LogP contribution in [0.3, 0.4) is 0 Å². The molecule has 0 heterocycles. The highest BCUT2D eigenvalue weighted by Gasteiger charge is 1.99. The number of nitrogens with zero attached hydrogens (tertiary/aromatic N) is 1. The maximum atomic E-state index is 8.69. The molecule has 0 aliphatic carbocycles. The van der Waals surface area contributed by atoms with Crippen LogP contribution in [0.5, 0.6) is 0 Å². The Morgan fingerprint density at radius 3 is 2.93 bits per heavy atom. The lowest BCUT2D eigenvalue weighted by Crippen LogP contribution is -1.99. The molecule has 0 unspecified atom stereocenters. The summed E-state index contributed by atoms with van der Waals surface area (Å²) >= 11 is 5.89. The minimum absolute atomic E-state index is 0.494. The van der Waals surface area contributed by atoms with E-state index in [0.717, 1.165) is 18.7 Å². The number of halogens is 1. The average Bonchev–Trinajstić information content (AvgIpc) is 2.25. The van der Waals surface area contributed by atoms with E-state index in [2.05, 4.69) is 11.4 Å². The van der Waals surface area contributed by atoms with E-state index in [9.17, 15) is 0 Å². The van der Waals surface area contributed by atoms with Crippen LogP contribution in [0.2, 0.25) is 5.02 Å². The van der Waals surface area contributed by atoms with E-state index in [1.807, 2.05) is 25.1 Å². The molecule has 0 amide bonds. The molecule has 1 aromatic carbocycles. The number of allylic oxidation sites excluding steroid dienone is 1. The highest BCUT2D eigenvalue weighted by atomic mass is 35.5. The molecule has 1 N–H and O–H groups in total. The predicted molar refractivity (Wildman–Crippen MR) is 64.1 cm³/mol. The predicted octanol–water partition coefficient (Wildman–Crippen LogP) is 3.59. The third-order valence-corrected chi connectivity index (χ3v) is 2.28. The number of nitrogens with one attached hydrogen (secondary N) is 1. The normalized spacial score (nSPS) is 10.2. The van der Waals surface area contributed by atoms with Crippen molar-refractivity contribution < 1.29 is 0 Å². The summed E-state index contributed by atoms with van der Waals surface area (Å²) in [5.41, 5.74) is 1.46. The first kappa shape index (κ1) is 11.6. The van der Waals surface area contributed by atoms with Gasteiger partial charge in [0.1, 0.15) is 6.07 Å². The van der Waals surface area contributed by atoms with Crippen LogP contribution in [0.1, 0.15) is 18.9 Å². The number of hydrogen-bond acceptors (Lipinski definition) is 2. The van der Waals surface area contributed by atoms with Crippen molar-refractivity contribution in [1.82, 2.24) is 0 Å². The Bertz CT molecular complexity index is 391. The maximum absolute atomic E-state index is 8.69. The summed E-state index contributed by atoms with van der Waals surface area (Å²) in [7, 11) is 0. The van der Waals surface area contributed by atoms with Gasteiger partial charge in [-0.2, -0.15) is 5.26 Å². The van der Waals surface area contributed by atoms with Gasteiger partial charge >= 0.3 is 0 Å². The van der Waals surface area contributed by atoms with E-state index >= 15 is 0 Å². The topological polar surface area (TPSA) is 35.8 Å². The van der Waals surface area contributed by atoms with Gasteiger partial charge in [0.15, 0.2) is 0 Å². The second kappa shape index (κ2) is 6.10. The van der Waals surface area contributed by atoms with Crippen LogP contribution in [0, 0.1) is 11.3 Å². The molecule has 0 radical (unpaired) electrons. The van der Waals surface area contributed by atoms with Gasteiger partial charge in [0, 0.05) is 12.2 Å². The Hall–Kier alpha value is -1.46. The molecule has 1 aromatic rings. The van der Waals surface area contributed by atoms with E-state index < -0.39 is 0 Å². The molecule has 0 saturated carbocycles. The van der Waals surface area contributed by atoms with Crippen molar-refractivity contribution in [2.45, 2.75) is 13.3 Å². The Kier molecular flexibility index (Phi) is 4.73. The highest BCUT2D eigenvalue weighted by molar-refractivity contribution is 6.32. The fourth-order valence-corrected chi connectivity index (χ4v) is 1.41. The van der Waals surface area contributed by atoms with Crippen molar-refractivity contribution in [1.29, 1.82) is 5.26 Å². The lowest BCUT2D eigenvalue weighted by atomic mass is 10.2. The zero-order valence-electron chi connectivity index (χ0n) is 8.63. The SMILES string of the molecule is C/C=C/CCNc1ccc(C#N)c(Cl)c1. The Morgan fingerprint density at radius 2 is 2.33 bits per heavy atom. The number of nitriles is 1. The molecule has 2 nitrogen and oxygen atoms in total. The summed E-state index contributed by atoms with van der Waals surface area (Å²) in [6.07, 6.45) is 5.10. The van der Waals surface area contributed by atoms with Crippen molar-refractivity contribution in [3.8, 4) is 6.07 Å². The van der Waals surface area contributed by atoms with Crippen molar-refractivity contribution in [2.24, 2.45) is 0 Å². The summed E-state index contributed by atoms with van der Waals surface area (Å²) in [6.45, 7) is 2.87. The van der Waals surface area contributed by atoms with E-state index in [4.69, 9.17) is 16.9 Å². The summed E-state index contributed by atoms with van der Waals surface area (Å²) in [4.78, 5) is 0. The van der Waals surface area contributed by atoms with Gasteiger partial charge in [-0.25, -0.2) is 0 Å². The molecule has 0 aromatic heterocycles. The van der Waals surface area contributed by atoms with Gasteiger partial charge in [-0.3, -0.25) is 0 Å². The molecular weight excluding hydrogens is 208 g/mol. The Balaban J connectivity index is 2.57. The Labute approximate surface area is 95.2 Å². The minimum atomic E-state index is 0.494. The van der Waals surface area contributed by atoms with Crippen LogP contribution in [0.4, 0.5) is 5.69 Å². The average molecular weight is 221 g/mol. The molecule has 15 heavy (non-hydrogen) atoms. The smallest absolute Gasteiger partial charge is 0.101 e. The molecule has 0 bridgehead atoms. The first-order valence-electron chi connectivity index (χ1n) is 4.82. The molecule has 78 valence electrons. The second-order valence-electron chi connectivity index (χ2n) is 3.09. The third-order valence-electron chi connectivity index (χ3n) is 1.97. The summed E-state index contributed by atoms with van der Waals surface area (Å²) < 4.78 is 0. The quantitative estimate of drug-likeness (QED) is 0.622. The molecule has 1 rings (SSSR count). The van der Waals surface area contributed by atoms with E-state index in [-0.39, 0.29) is 0 Å². The zero-order valence-corrected chi connectivity index (χ0v) is 9.38. The van der Waals surface area contributed by atoms with Crippen molar-refractivity contribution in [3.63, 3.8) is 0 Å². The maximum Gasteiger partial charge on any atom is 0.101 e. The van der Waals surface area contributed by atoms with Gasteiger partial charge in [-0.1, -0.05) is 23.8 Å². The summed E-state index contributed by atoms with van der Waals surface area (Å²) in [6, 6.07) is 7.39. The Morgan fingerprint density at radius 1 is 1.53 bits per heavy atom. The summed E-state index contributed by atoms with van der Waals surface area (Å²) in [5, 5.41) is 12.4. The zero-order chi connectivity index (χ0) is 11.1. The molecule has 0 fully saturated rings. The van der Waals surface area contributed by atoms with Gasteiger partial charge in [-0.15, -0.1) is 0 Å². The van der Waals surface area contributed by atoms with Gasteiger partial charge in [0.2, 0.25) is 0 Å². The first-order valence-corrected chi connectivity index (χ1v) is 5.20. The van der Waals surface area contributed by atoms with Crippen molar-refractivity contribution in [3.05, 3.63) is 40.9 Å². The molecule has 0 atom stereocenters. The van der Waals surface area contributed by atoms with Crippen LogP contribution in [-0.4, -0.2) is 6.54 Å². The van der Waals surface area contributed by atoms with Crippen LogP contribution >= 0.6 is 11.6 Å². The lowest BCUT2D eigenvalue weighted by Gasteiger charge is -2.05. The number of hydrogen-bond donors (Lipinski definition) is 1. The standard InChI is InChI=1S/C12H13ClN2/c1-2-3-4-7-15-11-6-5-10(9-14)12(13)8-11/h2-3,5-6,8,15H,4,7H2,1H3/b3-2+. The molecule has 0 spiro atoms. The number of anilines is 1. The van der Waals surface area contributed by atoms with Crippen LogP contribution in [-0.2, 0) is 0 Å². The lowest BCUT2D eigenvalue weighted by molar-refractivity contribution is 1.06. The molecule has 0 aliphatic rings. The second-order valence-corrected chi connectivity index (χ2v) is 3.50. The van der Waals surface area contributed by atoms with Crippen LogP contribution in [0.15, 0.2) is 30.4 Å². The van der Waals surface area contributed by atoms with Crippen molar-refractivity contribution >= 4 is 17.3 Å². The summed E-state index contributed by atoms with van der Waals surface area (Å²) in [5.74, 6) is 0. The molecule has 0 saturated heterocycles. The molecular formula is C12H13ClN2. The van der Waals surface area contributed by atoms with E-state index in [1.165, 1.54) is 0 Å². The number of benzene rings is 1. The van der Waals surface area contributed by atoms with Crippen LogP contribution < -0.4 is 5.32 Å². The number of rotatable bonds is 4.